The van der Waals surface area contributed by atoms with Crippen molar-refractivity contribution >= 4 is 21.0 Å². The van der Waals surface area contributed by atoms with Crippen LogP contribution in [0.5, 0.6) is 0 Å². The fourth-order valence-electron chi connectivity index (χ4n) is 1.77. The second kappa shape index (κ2) is 4.58. The van der Waals surface area contributed by atoms with E-state index in [2.05, 4.69) is 0 Å². The molecule has 0 bridgehead atoms. The highest BCUT2D eigenvalue weighted by molar-refractivity contribution is 7.86. The number of benzene rings is 1. The molecule has 1 heterocycles. The molecule has 7 heteroatoms. The van der Waals surface area contributed by atoms with Crippen molar-refractivity contribution in [3.8, 4) is 0 Å². The molecule has 0 aliphatic rings. The van der Waals surface area contributed by atoms with Gasteiger partial charge in [-0.05, 0) is 30.2 Å². The number of hydrogen-bond acceptors (Lipinski definition) is 4. The van der Waals surface area contributed by atoms with Crippen LogP contribution >= 0.6 is 0 Å². The van der Waals surface area contributed by atoms with Crippen molar-refractivity contribution in [2.45, 2.75) is 6.42 Å². The number of aliphatic hydroxyl groups is 1. The average Bonchev–Trinajstić information content (AvgIpc) is 2.55. The number of aliphatic hydroxyl groups excluding tert-OH is 1. The highest BCUT2D eigenvalue weighted by Gasteiger charge is 2.13. The highest BCUT2D eigenvalue weighted by Crippen LogP contribution is 2.22. The number of aromatic nitrogens is 1. The van der Waals surface area contributed by atoms with Gasteiger partial charge in [0, 0.05) is 18.2 Å². The molecule has 1 aromatic carbocycles. The molecule has 2 rings (SSSR count). The summed E-state index contributed by atoms with van der Waals surface area (Å²) in [5.74, 6) is -0.432. The van der Waals surface area contributed by atoms with E-state index in [-0.39, 0.29) is 6.61 Å². The lowest BCUT2D eigenvalue weighted by atomic mass is 10.1. The van der Waals surface area contributed by atoms with E-state index in [1.165, 1.54) is 24.4 Å². The summed E-state index contributed by atoms with van der Waals surface area (Å²) in [4.78, 5) is 0. The van der Waals surface area contributed by atoms with Crippen molar-refractivity contribution < 1.29 is 22.2 Å². The Balaban J connectivity index is 2.60. The zero-order valence-corrected chi connectivity index (χ0v) is 10.4. The van der Waals surface area contributed by atoms with Crippen LogP contribution in [-0.4, -0.2) is 31.1 Å². The number of hydrogen-bond donors (Lipinski definition) is 1. The van der Waals surface area contributed by atoms with Crippen molar-refractivity contribution in [3.05, 3.63) is 35.8 Å². The molecule has 0 aliphatic heterocycles. The van der Waals surface area contributed by atoms with Crippen LogP contribution in [0, 0.1) is 5.82 Å². The molecule has 18 heavy (non-hydrogen) atoms. The summed E-state index contributed by atoms with van der Waals surface area (Å²) in [5.41, 5.74) is 1.06. The normalized spacial score (nSPS) is 11.9. The van der Waals surface area contributed by atoms with Crippen molar-refractivity contribution in [1.29, 1.82) is 0 Å². The minimum absolute atomic E-state index is 0.117. The number of halogens is 1. The van der Waals surface area contributed by atoms with Gasteiger partial charge in [0.05, 0.1) is 11.8 Å². The Labute approximate surface area is 103 Å². The van der Waals surface area contributed by atoms with Gasteiger partial charge in [-0.1, -0.05) is 0 Å². The van der Waals surface area contributed by atoms with Crippen LogP contribution < -0.4 is 4.28 Å². The largest absolute Gasteiger partial charge is 0.396 e. The Kier molecular flexibility index (Phi) is 3.27. The van der Waals surface area contributed by atoms with Crippen LogP contribution in [0.25, 0.3) is 10.9 Å². The molecule has 0 fully saturated rings. The summed E-state index contributed by atoms with van der Waals surface area (Å²) in [7, 11) is -3.67. The van der Waals surface area contributed by atoms with Gasteiger partial charge in [-0.25, -0.2) is 4.39 Å². The first kappa shape index (κ1) is 12.8. The van der Waals surface area contributed by atoms with Crippen LogP contribution in [0.3, 0.4) is 0 Å². The molecule has 5 nitrogen and oxygen atoms in total. The van der Waals surface area contributed by atoms with Crippen LogP contribution in [-0.2, 0) is 16.5 Å². The Hall–Kier alpha value is -1.60. The Morgan fingerprint density at radius 2 is 2.17 bits per heavy atom. The van der Waals surface area contributed by atoms with Crippen LogP contribution in [0.2, 0.25) is 0 Å². The molecule has 1 N–H and O–H groups in total. The van der Waals surface area contributed by atoms with E-state index < -0.39 is 15.9 Å². The van der Waals surface area contributed by atoms with E-state index in [0.717, 1.165) is 11.0 Å². The first-order chi connectivity index (χ1) is 8.40. The Bertz CT molecular complexity index is 678. The van der Waals surface area contributed by atoms with E-state index in [4.69, 9.17) is 9.39 Å². The maximum Gasteiger partial charge on any atom is 0.324 e. The monoisotopic (exact) mass is 273 g/mol. The molecule has 0 saturated heterocycles. The molecule has 0 radical (unpaired) electrons. The Morgan fingerprint density at radius 1 is 1.44 bits per heavy atom. The zero-order valence-electron chi connectivity index (χ0n) is 9.63. The van der Waals surface area contributed by atoms with E-state index in [1.54, 1.807) is 0 Å². The molecule has 1 aromatic heterocycles. The lowest BCUT2D eigenvalue weighted by Gasteiger charge is -2.03. The molecular formula is C11H12FNO4S. The molecule has 0 atom stereocenters. The van der Waals surface area contributed by atoms with Crippen molar-refractivity contribution in [2.75, 3.05) is 12.9 Å². The van der Waals surface area contributed by atoms with Gasteiger partial charge < -0.3 is 5.11 Å². The van der Waals surface area contributed by atoms with E-state index >= 15 is 0 Å². The first-order valence-electron chi connectivity index (χ1n) is 5.21. The first-order valence-corrected chi connectivity index (χ1v) is 7.02. The lowest BCUT2D eigenvalue weighted by molar-refractivity contribution is 0.290. The second-order valence-corrected chi connectivity index (χ2v) is 5.45. The number of nitrogens with zero attached hydrogens (tertiary/aromatic N) is 1. The summed E-state index contributed by atoms with van der Waals surface area (Å²) in [6.07, 6.45) is 2.65. The van der Waals surface area contributed by atoms with Gasteiger partial charge in [0.15, 0.2) is 0 Å². The predicted octanol–water partition coefficient (Wildman–Crippen LogP) is 0.703. The summed E-state index contributed by atoms with van der Waals surface area (Å²) in [6.45, 7) is -0.117. The maximum absolute atomic E-state index is 13.2. The fraction of sp³-hybridized carbons (Fsp3) is 0.273. The topological polar surface area (TPSA) is 68.5 Å². The van der Waals surface area contributed by atoms with E-state index in [0.29, 0.717) is 22.9 Å². The molecule has 0 saturated carbocycles. The summed E-state index contributed by atoms with van der Waals surface area (Å²) in [5, 5.41) is 9.45. The summed E-state index contributed by atoms with van der Waals surface area (Å²) >= 11 is 0. The van der Waals surface area contributed by atoms with Crippen LogP contribution in [0.15, 0.2) is 24.4 Å². The molecule has 0 amide bonds. The van der Waals surface area contributed by atoms with Crippen molar-refractivity contribution in [3.63, 3.8) is 0 Å². The minimum atomic E-state index is -3.67. The van der Waals surface area contributed by atoms with Crippen LogP contribution in [0.1, 0.15) is 5.56 Å². The van der Waals surface area contributed by atoms with Gasteiger partial charge in [-0.3, -0.25) is 4.28 Å². The van der Waals surface area contributed by atoms with Gasteiger partial charge in [0.1, 0.15) is 5.82 Å². The van der Waals surface area contributed by atoms with Crippen molar-refractivity contribution in [2.24, 2.45) is 0 Å². The molecule has 98 valence electrons. The highest BCUT2D eigenvalue weighted by atomic mass is 32.2. The van der Waals surface area contributed by atoms with Gasteiger partial charge in [0.2, 0.25) is 0 Å². The zero-order chi connectivity index (χ0) is 13.3. The third-order valence-electron chi connectivity index (χ3n) is 2.41. The summed E-state index contributed by atoms with van der Waals surface area (Å²) in [6, 6.07) is 3.92. The third-order valence-corrected chi connectivity index (χ3v) is 2.84. The second-order valence-electron chi connectivity index (χ2n) is 3.89. The van der Waals surface area contributed by atoms with E-state index in [9.17, 15) is 12.8 Å². The molecule has 0 unspecified atom stereocenters. The Morgan fingerprint density at radius 3 is 2.78 bits per heavy atom. The van der Waals surface area contributed by atoms with E-state index in [1.807, 2.05) is 0 Å². The predicted molar refractivity (Wildman–Crippen MR) is 64.1 cm³/mol. The quantitative estimate of drug-likeness (QED) is 0.890. The molecule has 2 aromatic rings. The van der Waals surface area contributed by atoms with Gasteiger partial charge in [-0.2, -0.15) is 13.1 Å². The SMILES string of the molecule is CS(=O)(=O)On1cc(CCO)c2cc(F)ccc21. The van der Waals surface area contributed by atoms with Gasteiger partial charge in [-0.15, -0.1) is 0 Å². The van der Waals surface area contributed by atoms with Crippen molar-refractivity contribution in [1.82, 2.24) is 4.73 Å². The summed E-state index contributed by atoms with van der Waals surface area (Å²) < 4.78 is 41.2. The average molecular weight is 273 g/mol. The minimum Gasteiger partial charge on any atom is -0.396 e. The molecule has 0 spiro atoms. The maximum atomic E-state index is 13.2. The number of fused-ring (bicyclic) bond motifs is 1. The van der Waals surface area contributed by atoms with Crippen LogP contribution in [0.4, 0.5) is 4.39 Å². The van der Waals surface area contributed by atoms with Gasteiger partial charge >= 0.3 is 10.1 Å². The van der Waals surface area contributed by atoms with Gasteiger partial charge in [0.25, 0.3) is 0 Å². The fourth-order valence-corrected chi connectivity index (χ4v) is 2.18. The molecular weight excluding hydrogens is 261 g/mol. The number of rotatable bonds is 4. The molecule has 0 aliphatic carbocycles. The lowest BCUT2D eigenvalue weighted by Crippen LogP contribution is -2.17. The third kappa shape index (κ3) is 2.62. The standard InChI is InChI=1S/C11H12FNO4S/c1-18(15,16)17-13-7-8(4-5-14)10-6-9(12)2-3-11(10)13/h2-3,6-7,14H,4-5H2,1H3. The smallest absolute Gasteiger partial charge is 0.324 e.